The molecule has 0 radical (unpaired) electrons. The third-order valence-corrected chi connectivity index (χ3v) is 6.51. The van der Waals surface area contributed by atoms with Crippen molar-refractivity contribution in [2.24, 2.45) is 7.05 Å². The van der Waals surface area contributed by atoms with Gasteiger partial charge >= 0.3 is 0 Å². The maximum Gasteiger partial charge on any atom is 0.214 e. The van der Waals surface area contributed by atoms with Crippen LogP contribution in [0.5, 0.6) is 0 Å². The molecule has 9 heteroatoms. The van der Waals surface area contributed by atoms with E-state index in [-0.39, 0.29) is 5.78 Å². The smallest absolute Gasteiger partial charge is 0.214 e. The number of nitrogens with one attached hydrogen (secondary N) is 1. The number of aromatic amines is 1. The Bertz CT molecular complexity index is 1550. The molecule has 0 amide bonds. The van der Waals surface area contributed by atoms with Gasteiger partial charge in [-0.1, -0.05) is 0 Å². The molecule has 1 saturated heterocycles. The number of aryl methyl sites for hydroxylation is 2. The summed E-state index contributed by atoms with van der Waals surface area (Å²) in [6, 6.07) is 13.9. The van der Waals surface area contributed by atoms with Gasteiger partial charge < -0.3 is 24.9 Å². The molecule has 0 aliphatic carbocycles. The number of hydrogen-bond donors (Lipinski definition) is 2. The number of aromatic nitrogens is 5. The van der Waals surface area contributed by atoms with Crippen molar-refractivity contribution in [3.63, 3.8) is 0 Å². The third kappa shape index (κ3) is 3.24. The van der Waals surface area contributed by atoms with Gasteiger partial charge in [0.25, 0.3) is 0 Å². The molecular weight excluding hydrogens is 430 g/mol. The van der Waals surface area contributed by atoms with Crippen LogP contribution in [0.25, 0.3) is 27.6 Å². The molecule has 172 valence electrons. The number of nitrogens with two attached hydrogens (primary N) is 1. The second-order valence-electron chi connectivity index (χ2n) is 8.64. The molecule has 2 aromatic carbocycles. The third-order valence-electron chi connectivity index (χ3n) is 6.51. The molecule has 34 heavy (non-hydrogen) atoms. The zero-order chi connectivity index (χ0) is 23.4. The number of nitrogen functional groups attached to an aromatic ring is 1. The second-order valence-corrected chi connectivity index (χ2v) is 8.64. The Morgan fingerprint density at radius 1 is 1.09 bits per heavy atom. The zero-order valence-electron chi connectivity index (χ0n) is 19.1. The van der Waals surface area contributed by atoms with Crippen molar-refractivity contribution in [1.29, 1.82) is 0 Å². The van der Waals surface area contributed by atoms with E-state index >= 15 is 0 Å². The number of morpholine rings is 1. The minimum atomic E-state index is -0.158. The summed E-state index contributed by atoms with van der Waals surface area (Å²) in [6.45, 7) is 5.10. The average Bonchev–Trinajstić information content (AvgIpc) is 3.52. The summed E-state index contributed by atoms with van der Waals surface area (Å²) in [6.07, 6.45) is 1.54. The van der Waals surface area contributed by atoms with Crippen LogP contribution >= 0.6 is 0 Å². The van der Waals surface area contributed by atoms with Gasteiger partial charge in [-0.15, -0.1) is 0 Å². The summed E-state index contributed by atoms with van der Waals surface area (Å²) >= 11 is 0. The molecule has 1 aliphatic heterocycles. The lowest BCUT2D eigenvalue weighted by Gasteiger charge is -2.28. The molecule has 1 aliphatic rings. The van der Waals surface area contributed by atoms with Crippen LogP contribution in [-0.4, -0.2) is 56.4 Å². The Hall–Kier alpha value is -4.11. The number of rotatable bonds is 4. The molecule has 3 aromatic heterocycles. The zero-order valence-corrected chi connectivity index (χ0v) is 19.1. The molecule has 5 aromatic rings. The summed E-state index contributed by atoms with van der Waals surface area (Å²) in [5.74, 6) is 0.984. The monoisotopic (exact) mass is 455 g/mol. The van der Waals surface area contributed by atoms with E-state index in [1.54, 1.807) is 4.68 Å². The Morgan fingerprint density at radius 3 is 2.71 bits per heavy atom. The fraction of sp³-hybridized carbons (Fsp3) is 0.240. The van der Waals surface area contributed by atoms with Crippen molar-refractivity contribution < 1.29 is 9.53 Å². The van der Waals surface area contributed by atoms with E-state index < -0.39 is 0 Å². The standard InChI is InChI=1S/C25H25N7O2/c1-15-28-20-5-3-18(13-21(20)29-15)32-25(26)19(14-27-32)24(33)23-12-16-11-17(4-6-22(16)30(23)2)31-7-9-34-10-8-31/h3-6,11-14H,7-10,26H2,1-2H3,(H,28,29). The normalized spacial score (nSPS) is 14.4. The van der Waals surface area contributed by atoms with Crippen molar-refractivity contribution >= 4 is 39.2 Å². The van der Waals surface area contributed by atoms with Crippen molar-refractivity contribution in [1.82, 2.24) is 24.3 Å². The van der Waals surface area contributed by atoms with Crippen LogP contribution in [0.3, 0.4) is 0 Å². The lowest BCUT2D eigenvalue weighted by atomic mass is 10.1. The molecule has 9 nitrogen and oxygen atoms in total. The topological polar surface area (TPSA) is 107 Å². The largest absolute Gasteiger partial charge is 0.383 e. The fourth-order valence-electron chi connectivity index (χ4n) is 4.71. The molecule has 0 atom stereocenters. The number of fused-ring (bicyclic) bond motifs is 2. The maximum absolute atomic E-state index is 13.5. The minimum absolute atomic E-state index is 0.158. The Morgan fingerprint density at radius 2 is 1.88 bits per heavy atom. The van der Waals surface area contributed by atoms with Crippen molar-refractivity contribution in [2.75, 3.05) is 36.9 Å². The Balaban J connectivity index is 1.35. The summed E-state index contributed by atoms with van der Waals surface area (Å²) in [5.41, 5.74) is 12.0. The van der Waals surface area contributed by atoms with E-state index in [2.05, 4.69) is 38.2 Å². The van der Waals surface area contributed by atoms with E-state index in [9.17, 15) is 4.79 Å². The van der Waals surface area contributed by atoms with Gasteiger partial charge in [-0.25, -0.2) is 9.67 Å². The highest BCUT2D eigenvalue weighted by atomic mass is 16.5. The van der Waals surface area contributed by atoms with Crippen LogP contribution in [0.2, 0.25) is 0 Å². The number of ketones is 1. The van der Waals surface area contributed by atoms with Crippen LogP contribution in [0.1, 0.15) is 21.9 Å². The van der Waals surface area contributed by atoms with Crippen LogP contribution in [0, 0.1) is 6.92 Å². The van der Waals surface area contributed by atoms with Crippen LogP contribution in [-0.2, 0) is 11.8 Å². The fourth-order valence-corrected chi connectivity index (χ4v) is 4.71. The SMILES string of the molecule is Cc1nc2ccc(-n3ncc(C(=O)c4cc5cc(N6CCOCC6)ccc5n4C)c3N)cc2[nH]1. The Labute approximate surface area is 195 Å². The molecule has 0 spiro atoms. The number of ether oxygens (including phenoxy) is 1. The van der Waals surface area contributed by atoms with Gasteiger partial charge in [0.1, 0.15) is 11.6 Å². The highest BCUT2D eigenvalue weighted by Gasteiger charge is 2.22. The van der Waals surface area contributed by atoms with Gasteiger partial charge in [0.15, 0.2) is 0 Å². The summed E-state index contributed by atoms with van der Waals surface area (Å²) < 4.78 is 8.96. The van der Waals surface area contributed by atoms with E-state index in [1.807, 2.05) is 42.8 Å². The predicted molar refractivity (Wildman–Crippen MR) is 132 cm³/mol. The van der Waals surface area contributed by atoms with Crippen molar-refractivity contribution in [2.45, 2.75) is 6.92 Å². The van der Waals surface area contributed by atoms with Crippen LogP contribution in [0.15, 0.2) is 48.7 Å². The first-order valence-electron chi connectivity index (χ1n) is 11.3. The number of carbonyl (C=O) groups is 1. The van der Waals surface area contributed by atoms with E-state index in [4.69, 9.17) is 10.5 Å². The molecule has 0 unspecified atom stereocenters. The highest BCUT2D eigenvalue weighted by Crippen LogP contribution is 2.28. The first-order valence-corrected chi connectivity index (χ1v) is 11.3. The lowest BCUT2D eigenvalue weighted by Crippen LogP contribution is -2.36. The summed E-state index contributed by atoms with van der Waals surface area (Å²) in [7, 11) is 1.90. The van der Waals surface area contributed by atoms with E-state index in [0.29, 0.717) is 17.1 Å². The van der Waals surface area contributed by atoms with E-state index in [1.165, 1.54) is 6.20 Å². The van der Waals surface area contributed by atoms with Gasteiger partial charge in [0.05, 0.1) is 47.4 Å². The predicted octanol–water partition coefficient (Wildman–Crippen LogP) is 3.20. The van der Waals surface area contributed by atoms with Crippen LogP contribution in [0.4, 0.5) is 11.5 Å². The molecule has 0 saturated carbocycles. The number of carbonyl (C=O) groups excluding carboxylic acids is 1. The van der Waals surface area contributed by atoms with Crippen LogP contribution < -0.4 is 10.6 Å². The summed E-state index contributed by atoms with van der Waals surface area (Å²) in [5, 5.41) is 5.43. The van der Waals surface area contributed by atoms with Gasteiger partial charge in [0, 0.05) is 36.7 Å². The molecule has 6 rings (SSSR count). The van der Waals surface area contributed by atoms with Crippen molar-refractivity contribution in [3.05, 3.63) is 65.7 Å². The Kier molecular flexibility index (Phi) is 4.66. The average molecular weight is 456 g/mol. The number of benzene rings is 2. The van der Waals surface area contributed by atoms with E-state index in [0.717, 1.165) is 65.4 Å². The number of H-pyrrole nitrogens is 1. The lowest BCUT2D eigenvalue weighted by molar-refractivity contribution is 0.103. The van der Waals surface area contributed by atoms with Gasteiger partial charge in [-0.3, -0.25) is 4.79 Å². The van der Waals surface area contributed by atoms with Gasteiger partial charge in [-0.2, -0.15) is 5.10 Å². The molecule has 4 heterocycles. The highest BCUT2D eigenvalue weighted by molar-refractivity contribution is 6.13. The second kappa shape index (κ2) is 7.74. The molecule has 1 fully saturated rings. The first kappa shape index (κ1) is 20.5. The molecule has 3 N–H and O–H groups in total. The quantitative estimate of drug-likeness (QED) is 0.403. The summed E-state index contributed by atoms with van der Waals surface area (Å²) in [4.78, 5) is 23.5. The molecule has 0 bridgehead atoms. The van der Waals surface area contributed by atoms with Gasteiger partial charge in [-0.05, 0) is 49.4 Å². The number of nitrogens with zero attached hydrogens (tertiary/aromatic N) is 5. The first-order chi connectivity index (χ1) is 16.5. The van der Waals surface area contributed by atoms with Crippen molar-refractivity contribution in [3.8, 4) is 5.69 Å². The molecular formula is C25H25N7O2. The van der Waals surface area contributed by atoms with Gasteiger partial charge in [0.2, 0.25) is 5.78 Å². The number of hydrogen-bond acceptors (Lipinski definition) is 6. The minimum Gasteiger partial charge on any atom is -0.383 e. The maximum atomic E-state index is 13.5. The number of imidazole rings is 1. The number of anilines is 2.